The van der Waals surface area contributed by atoms with Crippen LogP contribution in [0.2, 0.25) is 0 Å². The molecular formula is C16H24F3N3O2S. The van der Waals surface area contributed by atoms with Gasteiger partial charge in [-0.1, -0.05) is 30.3 Å². The van der Waals surface area contributed by atoms with Gasteiger partial charge in [0.25, 0.3) is 0 Å². The van der Waals surface area contributed by atoms with Crippen LogP contribution >= 0.6 is 0 Å². The Labute approximate surface area is 148 Å². The fourth-order valence-electron chi connectivity index (χ4n) is 2.73. The number of likely N-dealkylation sites (N-methyl/N-ethyl adjacent to an activating group) is 1. The molecule has 1 aliphatic heterocycles. The van der Waals surface area contributed by atoms with Crippen LogP contribution in [0.3, 0.4) is 0 Å². The third kappa shape index (κ3) is 6.67. The zero-order chi connectivity index (χ0) is 18.3. The lowest BCUT2D eigenvalue weighted by atomic mass is 10.1. The highest BCUT2D eigenvalue weighted by Crippen LogP contribution is 2.24. The number of ether oxygens (including phenoxy) is 1. The third-order valence-corrected chi connectivity index (χ3v) is 5.15. The number of nitrogens with one attached hydrogen (secondary N) is 2. The fourth-order valence-corrected chi connectivity index (χ4v) is 3.37. The van der Waals surface area contributed by atoms with Crippen molar-refractivity contribution in [3.05, 3.63) is 35.9 Å². The van der Waals surface area contributed by atoms with E-state index in [1.165, 1.54) is 7.05 Å². The second kappa shape index (κ2) is 9.63. The molecule has 2 N–H and O–H groups in total. The van der Waals surface area contributed by atoms with Crippen LogP contribution in [0.4, 0.5) is 13.2 Å². The Kier molecular flexibility index (Phi) is 7.82. The van der Waals surface area contributed by atoms with E-state index in [1.807, 2.05) is 30.3 Å². The van der Waals surface area contributed by atoms with E-state index in [0.29, 0.717) is 12.6 Å². The molecule has 1 aliphatic rings. The SMILES string of the molecule is CN(CC(NCOC[C@@H]1CCCN1)c1ccccc1)S(=O)C(F)(F)F. The molecule has 1 aromatic rings. The molecule has 0 bridgehead atoms. The summed E-state index contributed by atoms with van der Waals surface area (Å²) >= 11 is 0. The van der Waals surface area contributed by atoms with Crippen LogP contribution in [0.15, 0.2) is 30.3 Å². The average Bonchev–Trinajstić information content (AvgIpc) is 3.10. The molecule has 142 valence electrons. The highest BCUT2D eigenvalue weighted by Gasteiger charge is 2.40. The zero-order valence-corrected chi connectivity index (χ0v) is 14.9. The van der Waals surface area contributed by atoms with Crippen LogP contribution in [0.1, 0.15) is 24.4 Å². The summed E-state index contributed by atoms with van der Waals surface area (Å²) in [6, 6.07) is 9.01. The monoisotopic (exact) mass is 379 g/mol. The summed E-state index contributed by atoms with van der Waals surface area (Å²) in [6.45, 7) is 1.70. The largest absolute Gasteiger partial charge is 0.485 e. The predicted octanol–water partition coefficient (Wildman–Crippen LogP) is 2.16. The molecular weight excluding hydrogens is 355 g/mol. The van der Waals surface area contributed by atoms with Crippen molar-refractivity contribution in [3.63, 3.8) is 0 Å². The fraction of sp³-hybridized carbons (Fsp3) is 0.625. The van der Waals surface area contributed by atoms with Gasteiger partial charge in [-0.05, 0) is 24.9 Å². The van der Waals surface area contributed by atoms with Gasteiger partial charge < -0.3 is 10.1 Å². The number of hydrogen-bond acceptors (Lipinski definition) is 4. The van der Waals surface area contributed by atoms with Crippen molar-refractivity contribution in [3.8, 4) is 0 Å². The second-order valence-corrected chi connectivity index (χ2v) is 7.57. The maximum Gasteiger partial charge on any atom is 0.485 e. The number of halogens is 3. The van der Waals surface area contributed by atoms with E-state index in [1.54, 1.807) is 0 Å². The molecule has 9 heteroatoms. The first kappa shape index (κ1) is 20.3. The first-order valence-corrected chi connectivity index (χ1v) is 9.28. The van der Waals surface area contributed by atoms with Crippen molar-refractivity contribution < 1.29 is 22.1 Å². The first-order chi connectivity index (χ1) is 11.9. The summed E-state index contributed by atoms with van der Waals surface area (Å²) in [7, 11) is -1.84. The molecule has 0 amide bonds. The normalized spacial score (nSPS) is 20.8. The summed E-state index contributed by atoms with van der Waals surface area (Å²) in [5, 5.41) is 6.42. The van der Waals surface area contributed by atoms with E-state index in [9.17, 15) is 17.4 Å². The van der Waals surface area contributed by atoms with Gasteiger partial charge in [0.05, 0.1) is 13.3 Å². The van der Waals surface area contributed by atoms with E-state index in [4.69, 9.17) is 4.74 Å². The number of benzene rings is 1. The standard InChI is InChI=1S/C16H24F3N3O2S/c1-22(25(23)16(17,18)19)10-15(13-6-3-2-4-7-13)21-12-24-11-14-8-5-9-20-14/h2-4,6-7,14-15,20-21H,5,8-12H2,1H3/t14-,15?,25?/m0/s1. The lowest BCUT2D eigenvalue weighted by molar-refractivity contribution is -0.0425. The summed E-state index contributed by atoms with van der Waals surface area (Å²) in [4.78, 5) is 0. The molecule has 1 fully saturated rings. The zero-order valence-electron chi connectivity index (χ0n) is 14.1. The van der Waals surface area contributed by atoms with E-state index >= 15 is 0 Å². The van der Waals surface area contributed by atoms with Crippen molar-refractivity contribution in [2.45, 2.75) is 30.4 Å². The minimum absolute atomic E-state index is 0.0544. The quantitative estimate of drug-likeness (QED) is 0.510. The highest BCUT2D eigenvalue weighted by atomic mass is 32.2. The molecule has 0 spiro atoms. The van der Waals surface area contributed by atoms with Gasteiger partial charge in [-0.15, -0.1) is 0 Å². The van der Waals surface area contributed by atoms with Crippen molar-refractivity contribution in [1.29, 1.82) is 0 Å². The number of alkyl halides is 3. The van der Waals surface area contributed by atoms with Gasteiger partial charge in [-0.2, -0.15) is 13.2 Å². The highest BCUT2D eigenvalue weighted by molar-refractivity contribution is 7.83. The van der Waals surface area contributed by atoms with E-state index < -0.39 is 22.5 Å². The van der Waals surface area contributed by atoms with E-state index in [-0.39, 0.29) is 13.3 Å². The van der Waals surface area contributed by atoms with Crippen LogP contribution in [-0.2, 0) is 15.7 Å². The molecule has 0 aliphatic carbocycles. The lowest BCUT2D eigenvalue weighted by Crippen LogP contribution is -2.39. The van der Waals surface area contributed by atoms with E-state index in [0.717, 1.165) is 29.3 Å². The Morgan fingerprint density at radius 1 is 1.40 bits per heavy atom. The Balaban J connectivity index is 1.90. The Morgan fingerprint density at radius 3 is 2.72 bits per heavy atom. The van der Waals surface area contributed by atoms with Gasteiger partial charge in [0.1, 0.15) is 0 Å². The summed E-state index contributed by atoms with van der Waals surface area (Å²) in [5.74, 6) is 0. The first-order valence-electron chi connectivity index (χ1n) is 8.17. The maximum absolute atomic E-state index is 12.6. The molecule has 2 rings (SSSR count). The van der Waals surface area contributed by atoms with Crippen molar-refractivity contribution >= 4 is 11.0 Å². The van der Waals surface area contributed by atoms with Gasteiger partial charge in [0.15, 0.2) is 0 Å². The van der Waals surface area contributed by atoms with Crippen molar-refractivity contribution in [2.24, 2.45) is 0 Å². The van der Waals surface area contributed by atoms with Crippen LogP contribution in [0, 0.1) is 0 Å². The molecule has 1 heterocycles. The Morgan fingerprint density at radius 2 is 2.12 bits per heavy atom. The Bertz CT molecular complexity index is 539. The number of nitrogens with zero attached hydrogens (tertiary/aromatic N) is 1. The molecule has 25 heavy (non-hydrogen) atoms. The van der Waals surface area contributed by atoms with Gasteiger partial charge in [0, 0.05) is 25.7 Å². The predicted molar refractivity (Wildman–Crippen MR) is 91.0 cm³/mol. The van der Waals surface area contributed by atoms with Crippen LogP contribution in [-0.4, -0.2) is 53.5 Å². The average molecular weight is 379 g/mol. The molecule has 0 radical (unpaired) electrons. The van der Waals surface area contributed by atoms with Crippen LogP contribution < -0.4 is 10.6 Å². The number of hydrogen-bond donors (Lipinski definition) is 2. The molecule has 1 aromatic carbocycles. The van der Waals surface area contributed by atoms with Crippen molar-refractivity contribution in [2.75, 3.05) is 33.5 Å². The summed E-state index contributed by atoms with van der Waals surface area (Å²) in [5.41, 5.74) is -3.95. The molecule has 5 nitrogen and oxygen atoms in total. The van der Waals surface area contributed by atoms with Crippen LogP contribution in [0.5, 0.6) is 0 Å². The third-order valence-electron chi connectivity index (χ3n) is 4.04. The second-order valence-electron chi connectivity index (χ2n) is 5.98. The van der Waals surface area contributed by atoms with E-state index in [2.05, 4.69) is 10.6 Å². The molecule has 2 unspecified atom stereocenters. The van der Waals surface area contributed by atoms with Gasteiger partial charge >= 0.3 is 5.51 Å². The van der Waals surface area contributed by atoms with Gasteiger partial charge in [-0.25, -0.2) is 8.51 Å². The van der Waals surface area contributed by atoms with Crippen molar-refractivity contribution in [1.82, 2.24) is 14.9 Å². The molecule has 0 aromatic heterocycles. The van der Waals surface area contributed by atoms with Gasteiger partial charge in [-0.3, -0.25) is 5.32 Å². The minimum Gasteiger partial charge on any atom is -0.365 e. The molecule has 3 atom stereocenters. The summed E-state index contributed by atoms with van der Waals surface area (Å²) in [6.07, 6.45) is 2.19. The number of rotatable bonds is 9. The molecule has 1 saturated heterocycles. The summed E-state index contributed by atoms with van der Waals surface area (Å²) < 4.78 is 55.8. The maximum atomic E-state index is 12.6. The molecule has 0 saturated carbocycles. The smallest absolute Gasteiger partial charge is 0.365 e. The van der Waals surface area contributed by atoms with Crippen LogP contribution in [0.25, 0.3) is 0 Å². The van der Waals surface area contributed by atoms with Gasteiger partial charge in [0.2, 0.25) is 11.0 Å². The topological polar surface area (TPSA) is 53.6 Å². The lowest BCUT2D eigenvalue weighted by Gasteiger charge is -2.25. The minimum atomic E-state index is -4.76. The Hall–Kier alpha value is -1.00.